The molecule has 0 radical (unpaired) electrons. The van der Waals surface area contributed by atoms with E-state index in [-0.39, 0.29) is 17.9 Å². The summed E-state index contributed by atoms with van der Waals surface area (Å²) in [6, 6.07) is 5.38. The van der Waals surface area contributed by atoms with Gasteiger partial charge in [-0.15, -0.1) is 0 Å². The molecule has 26 heavy (non-hydrogen) atoms. The summed E-state index contributed by atoms with van der Waals surface area (Å²) in [6.07, 6.45) is 6.04. The minimum absolute atomic E-state index is 0.0979. The number of amides is 2. The molecule has 140 valence electrons. The van der Waals surface area contributed by atoms with Crippen molar-refractivity contribution in [3.8, 4) is 6.07 Å². The zero-order valence-electron chi connectivity index (χ0n) is 15.2. The van der Waals surface area contributed by atoms with Crippen LogP contribution in [0.15, 0.2) is 22.8 Å². The van der Waals surface area contributed by atoms with Crippen LogP contribution in [0.4, 0.5) is 0 Å². The van der Waals surface area contributed by atoms with E-state index in [0.29, 0.717) is 31.9 Å². The number of hydrogen-bond acceptors (Lipinski definition) is 5. The van der Waals surface area contributed by atoms with Gasteiger partial charge in [-0.3, -0.25) is 14.5 Å². The zero-order valence-corrected chi connectivity index (χ0v) is 15.2. The van der Waals surface area contributed by atoms with Crippen molar-refractivity contribution in [2.45, 2.75) is 50.6 Å². The quantitative estimate of drug-likeness (QED) is 0.886. The number of nitriles is 1. The summed E-state index contributed by atoms with van der Waals surface area (Å²) in [5, 5.41) is 12.5. The van der Waals surface area contributed by atoms with E-state index >= 15 is 0 Å². The zero-order chi connectivity index (χ0) is 18.6. The Labute approximate surface area is 153 Å². The van der Waals surface area contributed by atoms with Gasteiger partial charge in [-0.05, 0) is 31.9 Å². The van der Waals surface area contributed by atoms with Crippen LogP contribution in [0.25, 0.3) is 0 Å². The molecule has 7 nitrogen and oxygen atoms in total. The van der Waals surface area contributed by atoms with Crippen molar-refractivity contribution in [3.05, 3.63) is 24.2 Å². The van der Waals surface area contributed by atoms with Gasteiger partial charge in [-0.2, -0.15) is 5.26 Å². The van der Waals surface area contributed by atoms with Gasteiger partial charge < -0.3 is 14.6 Å². The third kappa shape index (κ3) is 3.91. The van der Waals surface area contributed by atoms with Gasteiger partial charge in [0.1, 0.15) is 5.54 Å². The Morgan fingerprint density at radius 2 is 1.92 bits per heavy atom. The summed E-state index contributed by atoms with van der Waals surface area (Å²) in [5.41, 5.74) is -0.708. The molecular weight excluding hydrogens is 332 g/mol. The fraction of sp³-hybridized carbons (Fsp3) is 0.632. The van der Waals surface area contributed by atoms with Crippen LogP contribution in [0.5, 0.6) is 0 Å². The van der Waals surface area contributed by atoms with Crippen LogP contribution < -0.4 is 5.32 Å². The summed E-state index contributed by atoms with van der Waals surface area (Å²) in [7, 11) is 0. The first-order valence-corrected chi connectivity index (χ1v) is 9.35. The third-order valence-corrected chi connectivity index (χ3v) is 5.54. The Bertz CT molecular complexity index is 665. The molecule has 2 aliphatic rings. The number of rotatable bonds is 4. The molecule has 0 aromatic carbocycles. The van der Waals surface area contributed by atoms with Crippen molar-refractivity contribution < 1.29 is 14.0 Å². The van der Waals surface area contributed by atoms with E-state index in [4.69, 9.17) is 4.42 Å². The lowest BCUT2D eigenvalue weighted by Gasteiger charge is -2.39. The van der Waals surface area contributed by atoms with E-state index < -0.39 is 5.54 Å². The molecule has 0 bridgehead atoms. The maximum atomic E-state index is 12.7. The summed E-state index contributed by atoms with van der Waals surface area (Å²) >= 11 is 0. The van der Waals surface area contributed by atoms with Crippen LogP contribution in [0.1, 0.15) is 49.6 Å². The monoisotopic (exact) mass is 358 g/mol. The lowest BCUT2D eigenvalue weighted by atomic mass is 9.82. The smallest absolute Gasteiger partial charge is 0.289 e. The van der Waals surface area contributed by atoms with E-state index in [0.717, 1.165) is 32.1 Å². The second kappa shape index (κ2) is 7.92. The van der Waals surface area contributed by atoms with Gasteiger partial charge in [0.25, 0.3) is 5.91 Å². The lowest BCUT2D eigenvalue weighted by Crippen LogP contribution is -2.58. The Morgan fingerprint density at radius 3 is 2.50 bits per heavy atom. The van der Waals surface area contributed by atoms with E-state index in [1.807, 2.05) is 6.92 Å². The van der Waals surface area contributed by atoms with Gasteiger partial charge in [-0.1, -0.05) is 19.3 Å². The van der Waals surface area contributed by atoms with Crippen molar-refractivity contribution in [3.63, 3.8) is 0 Å². The first kappa shape index (κ1) is 18.5. The maximum absolute atomic E-state index is 12.7. The molecule has 2 fully saturated rings. The highest BCUT2D eigenvalue weighted by molar-refractivity contribution is 5.91. The molecule has 1 atom stereocenters. The highest BCUT2D eigenvalue weighted by atomic mass is 16.3. The van der Waals surface area contributed by atoms with Gasteiger partial charge in [0.05, 0.1) is 18.4 Å². The van der Waals surface area contributed by atoms with Crippen LogP contribution in [0, 0.1) is 11.3 Å². The number of furan rings is 1. The molecule has 1 aromatic rings. The van der Waals surface area contributed by atoms with Crippen LogP contribution in [0.3, 0.4) is 0 Å². The second-order valence-electron chi connectivity index (χ2n) is 7.23. The Kier molecular flexibility index (Phi) is 5.62. The van der Waals surface area contributed by atoms with Gasteiger partial charge in [0.15, 0.2) is 5.76 Å². The predicted octanol–water partition coefficient (Wildman–Crippen LogP) is 1.77. The van der Waals surface area contributed by atoms with Crippen molar-refractivity contribution >= 4 is 11.8 Å². The van der Waals surface area contributed by atoms with Crippen LogP contribution in [0.2, 0.25) is 0 Å². The van der Waals surface area contributed by atoms with Crippen molar-refractivity contribution in [1.29, 1.82) is 5.26 Å². The number of nitrogens with one attached hydrogen (secondary N) is 1. The molecule has 1 aliphatic heterocycles. The van der Waals surface area contributed by atoms with Gasteiger partial charge >= 0.3 is 0 Å². The van der Waals surface area contributed by atoms with E-state index in [1.165, 1.54) is 6.26 Å². The average molecular weight is 358 g/mol. The number of hydrogen-bond donors (Lipinski definition) is 1. The molecule has 1 N–H and O–H groups in total. The maximum Gasteiger partial charge on any atom is 0.289 e. The van der Waals surface area contributed by atoms with Crippen LogP contribution in [-0.4, -0.2) is 59.4 Å². The second-order valence-corrected chi connectivity index (χ2v) is 7.23. The number of nitrogens with zero attached hydrogens (tertiary/aromatic N) is 3. The lowest BCUT2D eigenvalue weighted by molar-refractivity contribution is -0.128. The topological polar surface area (TPSA) is 89.6 Å². The number of carbonyl (C=O) groups is 2. The molecule has 1 aromatic heterocycles. The average Bonchev–Trinajstić information content (AvgIpc) is 3.22. The minimum Gasteiger partial charge on any atom is -0.459 e. The highest BCUT2D eigenvalue weighted by Gasteiger charge is 2.36. The van der Waals surface area contributed by atoms with E-state index in [2.05, 4.69) is 16.3 Å². The molecule has 3 rings (SSSR count). The van der Waals surface area contributed by atoms with Gasteiger partial charge in [0, 0.05) is 26.2 Å². The third-order valence-electron chi connectivity index (χ3n) is 5.54. The van der Waals surface area contributed by atoms with E-state index in [1.54, 1.807) is 17.0 Å². The minimum atomic E-state index is -0.708. The first-order valence-electron chi connectivity index (χ1n) is 9.35. The first-order chi connectivity index (χ1) is 12.5. The van der Waals surface area contributed by atoms with Gasteiger partial charge in [-0.25, -0.2) is 0 Å². The van der Waals surface area contributed by atoms with E-state index in [9.17, 15) is 14.9 Å². The van der Waals surface area contributed by atoms with Crippen LogP contribution in [-0.2, 0) is 4.79 Å². The molecule has 0 spiro atoms. The molecule has 1 saturated carbocycles. The molecule has 7 heteroatoms. The molecule has 0 unspecified atom stereocenters. The molecule has 1 saturated heterocycles. The number of carbonyl (C=O) groups excluding carboxylic acids is 2. The summed E-state index contributed by atoms with van der Waals surface area (Å²) in [5.74, 6) is 0.133. The van der Waals surface area contributed by atoms with Crippen molar-refractivity contribution in [2.75, 3.05) is 26.2 Å². The standard InChI is InChI=1S/C19H26N4O3/c1-15(17(24)21-19(14-20)7-3-2-4-8-19)22-9-11-23(12-10-22)18(25)16-6-5-13-26-16/h5-6,13,15H,2-4,7-12H2,1H3,(H,21,24)/t15-/m0/s1. The Hall–Kier alpha value is -2.33. The largest absolute Gasteiger partial charge is 0.459 e. The molecule has 1 aliphatic carbocycles. The van der Waals surface area contributed by atoms with Crippen LogP contribution >= 0.6 is 0 Å². The predicted molar refractivity (Wildman–Crippen MR) is 95.2 cm³/mol. The fourth-order valence-electron chi connectivity index (χ4n) is 3.79. The highest BCUT2D eigenvalue weighted by Crippen LogP contribution is 2.27. The molecule has 2 amide bonds. The Balaban J connectivity index is 1.53. The fourth-order valence-corrected chi connectivity index (χ4v) is 3.79. The summed E-state index contributed by atoms with van der Waals surface area (Å²) < 4.78 is 5.17. The van der Waals surface area contributed by atoms with Gasteiger partial charge in [0.2, 0.25) is 5.91 Å². The molecular formula is C19H26N4O3. The van der Waals surface area contributed by atoms with Crippen molar-refractivity contribution in [2.24, 2.45) is 0 Å². The normalized spacial score (nSPS) is 21.6. The summed E-state index contributed by atoms with van der Waals surface area (Å²) in [4.78, 5) is 28.8. The molecule has 2 heterocycles. The summed E-state index contributed by atoms with van der Waals surface area (Å²) in [6.45, 7) is 4.23. The SMILES string of the molecule is C[C@@H](C(=O)NC1(C#N)CCCCC1)N1CCN(C(=O)c2ccco2)CC1. The number of piperazine rings is 1. The Morgan fingerprint density at radius 1 is 1.23 bits per heavy atom. The van der Waals surface area contributed by atoms with Crippen molar-refractivity contribution in [1.82, 2.24) is 15.1 Å².